The average Bonchev–Trinajstić information content (AvgIpc) is 3.78. The molecule has 1 aromatic carbocycles. The summed E-state index contributed by atoms with van der Waals surface area (Å²) in [6.45, 7) is 8.53. The monoisotopic (exact) mass is 586 g/mol. The number of nitrogens with one attached hydrogen (secondary N) is 1. The lowest BCUT2D eigenvalue weighted by atomic mass is 9.77. The molecule has 0 unspecified atom stereocenters. The molecule has 0 bridgehead atoms. The van der Waals surface area contributed by atoms with E-state index in [0.717, 1.165) is 30.8 Å². The molecular weight excluding hydrogens is 536 g/mol. The molecule has 3 aromatic rings. The lowest BCUT2D eigenvalue weighted by Gasteiger charge is -2.43. The zero-order valence-corrected chi connectivity index (χ0v) is 26.3. The number of piperidine rings is 1. The number of carbonyl (C=O) groups excluding carboxylic acids is 1. The van der Waals surface area contributed by atoms with Gasteiger partial charge in [-0.1, -0.05) is 43.5 Å². The highest BCUT2D eigenvalue weighted by molar-refractivity contribution is 5.75. The van der Waals surface area contributed by atoms with Gasteiger partial charge in [0.1, 0.15) is 18.2 Å². The Morgan fingerprint density at radius 2 is 1.67 bits per heavy atom. The van der Waals surface area contributed by atoms with Gasteiger partial charge in [0, 0.05) is 64.6 Å². The van der Waals surface area contributed by atoms with E-state index in [4.69, 9.17) is 0 Å². The molecule has 4 heterocycles. The molecule has 1 amide bonds. The van der Waals surface area contributed by atoms with Crippen LogP contribution in [0.3, 0.4) is 0 Å². The normalized spacial score (nSPS) is 19.9. The van der Waals surface area contributed by atoms with Crippen molar-refractivity contribution >= 4 is 5.91 Å². The first-order valence-electron chi connectivity index (χ1n) is 16.4. The van der Waals surface area contributed by atoms with Gasteiger partial charge in [0.15, 0.2) is 0 Å². The second kappa shape index (κ2) is 13.7. The molecule has 1 aliphatic carbocycles. The Kier molecular flexibility index (Phi) is 9.60. The van der Waals surface area contributed by atoms with Crippen molar-refractivity contribution in [1.29, 1.82) is 0 Å². The van der Waals surface area contributed by atoms with Crippen LogP contribution in [-0.2, 0) is 37.5 Å². The number of H-pyrrole nitrogens is 1. The zero-order valence-electron chi connectivity index (χ0n) is 26.3. The molecule has 2 saturated heterocycles. The lowest BCUT2D eigenvalue weighted by Crippen LogP contribution is -2.46. The molecule has 0 radical (unpaired) electrons. The summed E-state index contributed by atoms with van der Waals surface area (Å²) in [5, 5.41) is 0. The first-order chi connectivity index (χ1) is 20.9. The van der Waals surface area contributed by atoms with Crippen molar-refractivity contribution in [2.75, 3.05) is 40.3 Å². The average molecular weight is 587 g/mol. The number of benzene rings is 1. The van der Waals surface area contributed by atoms with Crippen LogP contribution in [0.4, 0.5) is 0 Å². The summed E-state index contributed by atoms with van der Waals surface area (Å²) in [5.74, 6) is 1.86. The molecule has 6 rings (SSSR count). The standard InChI is InChI=1S/C34H50N8O/c1-38(2)33(43)26-42-21-17-37-32(42)25-40(24-31-35-15-16-36-31)23-29-10-8-28(9-11-29)22-39-18-12-34(27-39)13-19-41(20-14-34)30-6-4-3-5-7-30/h8-11,15-17,21,30H,3-7,12-14,18-20,22-27H2,1-2H3,(H,35,36). The van der Waals surface area contributed by atoms with Crippen LogP contribution in [0, 0.1) is 5.41 Å². The molecule has 2 aromatic heterocycles. The van der Waals surface area contributed by atoms with Crippen LogP contribution < -0.4 is 0 Å². The maximum atomic E-state index is 12.4. The fraction of sp³-hybridized carbons (Fsp3) is 0.618. The van der Waals surface area contributed by atoms with Crippen molar-refractivity contribution in [3.05, 3.63) is 71.8 Å². The molecule has 0 atom stereocenters. The van der Waals surface area contributed by atoms with Crippen LogP contribution in [0.25, 0.3) is 0 Å². The minimum absolute atomic E-state index is 0.0567. The van der Waals surface area contributed by atoms with Gasteiger partial charge in [0.25, 0.3) is 0 Å². The first-order valence-corrected chi connectivity index (χ1v) is 16.4. The summed E-state index contributed by atoms with van der Waals surface area (Å²) in [6, 6.07) is 10.1. The molecule has 1 spiro atoms. The van der Waals surface area contributed by atoms with E-state index >= 15 is 0 Å². The maximum Gasteiger partial charge on any atom is 0.242 e. The topological polar surface area (TPSA) is 76.5 Å². The van der Waals surface area contributed by atoms with E-state index in [9.17, 15) is 4.79 Å². The number of aromatic amines is 1. The van der Waals surface area contributed by atoms with Crippen LogP contribution in [0.2, 0.25) is 0 Å². The van der Waals surface area contributed by atoms with E-state index in [2.05, 4.69) is 53.9 Å². The Morgan fingerprint density at radius 3 is 2.40 bits per heavy atom. The number of likely N-dealkylation sites (N-methyl/N-ethyl adjacent to an activating group) is 1. The predicted molar refractivity (Wildman–Crippen MR) is 169 cm³/mol. The number of imidazole rings is 2. The lowest BCUT2D eigenvalue weighted by molar-refractivity contribution is -0.129. The fourth-order valence-electron chi connectivity index (χ4n) is 7.53. The molecule has 9 nitrogen and oxygen atoms in total. The molecule has 3 fully saturated rings. The molecule has 2 aliphatic heterocycles. The highest BCUT2D eigenvalue weighted by Gasteiger charge is 2.41. The van der Waals surface area contributed by atoms with E-state index in [1.165, 1.54) is 88.7 Å². The summed E-state index contributed by atoms with van der Waals surface area (Å²) < 4.78 is 1.95. The number of hydrogen-bond acceptors (Lipinski definition) is 6. The molecular formula is C34H50N8O. The third-order valence-electron chi connectivity index (χ3n) is 10.2. The van der Waals surface area contributed by atoms with Crippen LogP contribution in [0.5, 0.6) is 0 Å². The van der Waals surface area contributed by atoms with Crippen molar-refractivity contribution in [1.82, 2.24) is 39.1 Å². The van der Waals surface area contributed by atoms with Gasteiger partial charge in [-0.3, -0.25) is 14.6 Å². The van der Waals surface area contributed by atoms with E-state index in [0.29, 0.717) is 25.0 Å². The number of carbonyl (C=O) groups is 1. The summed E-state index contributed by atoms with van der Waals surface area (Å²) >= 11 is 0. The van der Waals surface area contributed by atoms with E-state index in [1.54, 1.807) is 31.4 Å². The smallest absolute Gasteiger partial charge is 0.242 e. The van der Waals surface area contributed by atoms with Crippen molar-refractivity contribution in [3.8, 4) is 0 Å². The Balaban J connectivity index is 1.03. The van der Waals surface area contributed by atoms with E-state index < -0.39 is 0 Å². The van der Waals surface area contributed by atoms with Crippen molar-refractivity contribution < 1.29 is 4.79 Å². The quantitative estimate of drug-likeness (QED) is 0.356. The van der Waals surface area contributed by atoms with Gasteiger partial charge in [-0.25, -0.2) is 9.97 Å². The maximum absolute atomic E-state index is 12.4. The summed E-state index contributed by atoms with van der Waals surface area (Å²) in [6.07, 6.45) is 18.6. The van der Waals surface area contributed by atoms with Gasteiger partial charge < -0.3 is 19.4 Å². The third kappa shape index (κ3) is 7.75. The SMILES string of the molecule is CN(C)C(=O)Cn1ccnc1CN(Cc1ccc(CN2CCC3(CCN(C4CCCCC4)CC3)C2)cc1)Cc1ncc[nH]1. The van der Waals surface area contributed by atoms with E-state index in [-0.39, 0.29) is 5.91 Å². The van der Waals surface area contributed by atoms with Crippen LogP contribution in [-0.4, -0.2) is 91.3 Å². The number of rotatable bonds is 11. The van der Waals surface area contributed by atoms with Gasteiger partial charge in [-0.15, -0.1) is 0 Å². The van der Waals surface area contributed by atoms with E-state index in [1.807, 2.05) is 17.0 Å². The van der Waals surface area contributed by atoms with Crippen molar-refractivity contribution in [3.63, 3.8) is 0 Å². The predicted octanol–water partition coefficient (Wildman–Crippen LogP) is 4.52. The molecule has 1 saturated carbocycles. The largest absolute Gasteiger partial charge is 0.348 e. The second-order valence-corrected chi connectivity index (χ2v) is 13.5. The number of hydrogen-bond donors (Lipinski definition) is 1. The number of likely N-dealkylation sites (tertiary alicyclic amines) is 2. The molecule has 1 N–H and O–H groups in total. The number of nitrogens with zero attached hydrogens (tertiary/aromatic N) is 7. The molecule has 232 valence electrons. The third-order valence-corrected chi connectivity index (χ3v) is 10.2. The minimum atomic E-state index is 0.0567. The second-order valence-electron chi connectivity index (χ2n) is 13.5. The Labute approximate surface area is 257 Å². The highest BCUT2D eigenvalue weighted by Crippen LogP contribution is 2.42. The Bertz CT molecular complexity index is 1290. The fourth-order valence-corrected chi connectivity index (χ4v) is 7.53. The molecule has 3 aliphatic rings. The minimum Gasteiger partial charge on any atom is -0.348 e. The molecule has 9 heteroatoms. The summed E-state index contributed by atoms with van der Waals surface area (Å²) in [7, 11) is 3.57. The van der Waals surface area contributed by atoms with Gasteiger partial charge in [0.2, 0.25) is 5.91 Å². The van der Waals surface area contributed by atoms with Gasteiger partial charge >= 0.3 is 0 Å². The van der Waals surface area contributed by atoms with Crippen molar-refractivity contribution in [2.45, 2.75) is 90.1 Å². The summed E-state index contributed by atoms with van der Waals surface area (Å²) in [5.41, 5.74) is 3.21. The van der Waals surface area contributed by atoms with Crippen molar-refractivity contribution in [2.24, 2.45) is 5.41 Å². The van der Waals surface area contributed by atoms with Crippen LogP contribution in [0.15, 0.2) is 49.1 Å². The highest BCUT2D eigenvalue weighted by atomic mass is 16.2. The van der Waals surface area contributed by atoms with Crippen LogP contribution in [0.1, 0.15) is 74.1 Å². The first kappa shape index (κ1) is 30.0. The summed E-state index contributed by atoms with van der Waals surface area (Å²) in [4.78, 5) is 34.1. The number of amides is 1. The Morgan fingerprint density at radius 1 is 0.930 bits per heavy atom. The van der Waals surface area contributed by atoms with Gasteiger partial charge in [0.05, 0.1) is 13.1 Å². The Hall–Kier alpha value is -3.01. The number of aromatic nitrogens is 4. The van der Waals surface area contributed by atoms with Gasteiger partial charge in [-0.05, 0) is 68.3 Å². The van der Waals surface area contributed by atoms with Gasteiger partial charge in [-0.2, -0.15) is 0 Å². The van der Waals surface area contributed by atoms with Crippen LogP contribution >= 0.6 is 0 Å². The molecule has 43 heavy (non-hydrogen) atoms. The zero-order chi connectivity index (χ0) is 29.6.